The van der Waals surface area contributed by atoms with Crippen molar-refractivity contribution in [2.75, 3.05) is 0 Å². The summed E-state index contributed by atoms with van der Waals surface area (Å²) < 4.78 is 0. The predicted octanol–water partition coefficient (Wildman–Crippen LogP) is -2.64. The van der Waals surface area contributed by atoms with E-state index in [4.69, 9.17) is 5.11 Å². The van der Waals surface area contributed by atoms with E-state index < -0.39 is 18.1 Å². The first-order valence-electron chi connectivity index (χ1n) is 3.18. The third-order valence-electron chi connectivity index (χ3n) is 1.70. The van der Waals surface area contributed by atoms with Gasteiger partial charge in [-0.25, -0.2) is 0 Å². The van der Waals surface area contributed by atoms with Crippen LogP contribution in [0, 0.1) is 5.92 Å². The normalized spacial score (nSPS) is 19.6. The second kappa shape index (κ2) is 3.53. The lowest BCUT2D eigenvalue weighted by molar-refractivity contribution is -0.450. The smallest absolute Gasteiger partial charge is 0.130 e. The van der Waals surface area contributed by atoms with E-state index in [0.29, 0.717) is 0 Å². The highest BCUT2D eigenvalue weighted by atomic mass is 16.4. The van der Waals surface area contributed by atoms with E-state index >= 15 is 0 Å². The van der Waals surface area contributed by atoms with Gasteiger partial charge in [0.25, 0.3) is 0 Å². The molecule has 0 unspecified atom stereocenters. The molecule has 10 heavy (non-hydrogen) atoms. The van der Waals surface area contributed by atoms with E-state index in [-0.39, 0.29) is 5.92 Å². The minimum Gasteiger partial charge on any atom is -0.544 e. The number of carbonyl (C=O) groups excluding carboxylic acids is 1. The van der Waals surface area contributed by atoms with Crippen LogP contribution in [0.3, 0.4) is 0 Å². The van der Waals surface area contributed by atoms with Crippen molar-refractivity contribution in [3.63, 3.8) is 0 Å². The number of aliphatic hydroxyl groups excluding tert-OH is 1. The van der Waals surface area contributed by atoms with Gasteiger partial charge in [0.1, 0.15) is 6.04 Å². The molecule has 0 aliphatic rings. The molecule has 0 heterocycles. The molecule has 0 aromatic heterocycles. The Morgan fingerprint density at radius 2 is 2.00 bits per heavy atom. The summed E-state index contributed by atoms with van der Waals surface area (Å²) in [6.45, 7) is 3.16. The summed E-state index contributed by atoms with van der Waals surface area (Å²) in [7, 11) is 0. The average Bonchev–Trinajstić information content (AvgIpc) is 1.84. The van der Waals surface area contributed by atoms with Crippen LogP contribution in [0.15, 0.2) is 0 Å². The number of hydrogen-bond acceptors (Lipinski definition) is 3. The summed E-state index contributed by atoms with van der Waals surface area (Å²) in [4.78, 5) is 10.2. The van der Waals surface area contributed by atoms with Gasteiger partial charge < -0.3 is 20.7 Å². The maximum absolute atomic E-state index is 10.2. The first-order chi connectivity index (χ1) is 4.46. The molecule has 4 heteroatoms. The van der Waals surface area contributed by atoms with E-state index in [1.165, 1.54) is 6.92 Å². The molecule has 0 aliphatic carbocycles. The molecule has 0 aromatic rings. The summed E-state index contributed by atoms with van der Waals surface area (Å²) in [6, 6.07) is -0.833. The highest BCUT2D eigenvalue weighted by Crippen LogP contribution is 2.03. The number of carboxylic acid groups (broad SMARTS) is 1. The van der Waals surface area contributed by atoms with Crippen LogP contribution >= 0.6 is 0 Å². The lowest BCUT2D eigenvalue weighted by Crippen LogP contribution is -2.72. The highest BCUT2D eigenvalue weighted by Gasteiger charge is 2.21. The molecule has 0 fully saturated rings. The van der Waals surface area contributed by atoms with Crippen LogP contribution in [0.5, 0.6) is 0 Å². The molecule has 0 radical (unpaired) electrons. The Morgan fingerprint density at radius 3 is 2.10 bits per heavy atom. The number of aliphatic carboxylic acids is 1. The fourth-order valence-electron chi connectivity index (χ4n) is 0.551. The maximum atomic E-state index is 10.2. The first kappa shape index (κ1) is 9.39. The standard InChI is InChI=1S/C6H13NO3/c1-3(4(2)8)5(7)6(9)10/h3-5,8H,7H2,1-2H3,(H,9,10)/t3-,4+,5+/m0/s1. The lowest BCUT2D eigenvalue weighted by atomic mass is 9.98. The molecule has 0 saturated carbocycles. The quantitative estimate of drug-likeness (QED) is 0.457. The second-order valence-electron chi connectivity index (χ2n) is 2.53. The summed E-state index contributed by atoms with van der Waals surface area (Å²) in [5.74, 6) is -1.57. The minimum absolute atomic E-state index is 0.356. The molecule has 4 nitrogen and oxygen atoms in total. The Bertz CT molecular complexity index is 124. The van der Waals surface area contributed by atoms with Crippen LogP contribution in [-0.2, 0) is 4.79 Å². The van der Waals surface area contributed by atoms with Crippen LogP contribution in [0.4, 0.5) is 0 Å². The third-order valence-corrected chi connectivity index (χ3v) is 1.70. The van der Waals surface area contributed by atoms with E-state index in [2.05, 4.69) is 5.73 Å². The number of quaternary nitrogens is 1. The Morgan fingerprint density at radius 1 is 1.60 bits per heavy atom. The number of hydrogen-bond donors (Lipinski definition) is 2. The molecular formula is C6H13NO3. The topological polar surface area (TPSA) is 88.0 Å². The van der Waals surface area contributed by atoms with Gasteiger partial charge in [0.05, 0.1) is 12.1 Å². The van der Waals surface area contributed by atoms with Gasteiger partial charge in [-0.05, 0) is 6.92 Å². The molecular weight excluding hydrogens is 134 g/mol. The Hall–Kier alpha value is -0.610. The Labute approximate surface area is 59.7 Å². The van der Waals surface area contributed by atoms with Crippen molar-refractivity contribution in [1.29, 1.82) is 0 Å². The van der Waals surface area contributed by atoms with Crippen molar-refractivity contribution in [3.05, 3.63) is 0 Å². The highest BCUT2D eigenvalue weighted by molar-refractivity contribution is 5.69. The molecule has 0 aliphatic heterocycles. The zero-order chi connectivity index (χ0) is 8.31. The van der Waals surface area contributed by atoms with Crippen LogP contribution in [0.25, 0.3) is 0 Å². The molecule has 0 rings (SSSR count). The van der Waals surface area contributed by atoms with Gasteiger partial charge in [0.15, 0.2) is 0 Å². The minimum atomic E-state index is -1.21. The van der Waals surface area contributed by atoms with Gasteiger partial charge in [-0.3, -0.25) is 0 Å². The zero-order valence-corrected chi connectivity index (χ0v) is 6.20. The summed E-state index contributed by atoms with van der Waals surface area (Å²) >= 11 is 0. The maximum Gasteiger partial charge on any atom is 0.130 e. The van der Waals surface area contributed by atoms with Crippen molar-refractivity contribution in [1.82, 2.24) is 0 Å². The average molecular weight is 147 g/mol. The van der Waals surface area contributed by atoms with Crippen molar-refractivity contribution in [2.24, 2.45) is 5.92 Å². The Balaban J connectivity index is 3.94. The van der Waals surface area contributed by atoms with Crippen LogP contribution in [-0.4, -0.2) is 23.2 Å². The van der Waals surface area contributed by atoms with Crippen LogP contribution < -0.4 is 10.8 Å². The zero-order valence-electron chi connectivity index (χ0n) is 6.20. The van der Waals surface area contributed by atoms with Crippen molar-refractivity contribution in [2.45, 2.75) is 26.0 Å². The van der Waals surface area contributed by atoms with Gasteiger partial charge >= 0.3 is 0 Å². The fraction of sp³-hybridized carbons (Fsp3) is 0.833. The summed E-state index contributed by atoms with van der Waals surface area (Å²) in [5.41, 5.74) is 3.34. The van der Waals surface area contributed by atoms with Gasteiger partial charge in [-0.2, -0.15) is 0 Å². The molecule has 0 amide bonds. The van der Waals surface area contributed by atoms with E-state index in [0.717, 1.165) is 0 Å². The van der Waals surface area contributed by atoms with Crippen molar-refractivity contribution < 1.29 is 20.7 Å². The molecule has 3 atom stereocenters. The molecule has 0 saturated heterocycles. The molecule has 0 aromatic carbocycles. The van der Waals surface area contributed by atoms with E-state index in [1.807, 2.05) is 0 Å². The molecule has 0 bridgehead atoms. The lowest BCUT2D eigenvalue weighted by Gasteiger charge is -2.19. The van der Waals surface area contributed by atoms with Gasteiger partial charge in [-0.1, -0.05) is 6.92 Å². The fourth-order valence-corrected chi connectivity index (χ4v) is 0.551. The molecule has 4 N–H and O–H groups in total. The predicted molar refractivity (Wildman–Crippen MR) is 32.5 cm³/mol. The van der Waals surface area contributed by atoms with Gasteiger partial charge in [0, 0.05) is 5.92 Å². The Kier molecular flexibility index (Phi) is 3.32. The van der Waals surface area contributed by atoms with Crippen LogP contribution in [0.2, 0.25) is 0 Å². The monoisotopic (exact) mass is 147 g/mol. The van der Waals surface area contributed by atoms with E-state index in [1.54, 1.807) is 6.92 Å². The number of aliphatic hydroxyl groups is 1. The number of rotatable bonds is 3. The van der Waals surface area contributed by atoms with E-state index in [9.17, 15) is 9.90 Å². The summed E-state index contributed by atoms with van der Waals surface area (Å²) in [6.07, 6.45) is -0.652. The SMILES string of the molecule is C[C@@H]([C@@H](C)O)[C@@H]([NH3+])C(=O)[O-]. The largest absolute Gasteiger partial charge is 0.544 e. The molecule has 0 spiro atoms. The third kappa shape index (κ3) is 2.33. The van der Waals surface area contributed by atoms with Gasteiger partial charge in [0.2, 0.25) is 0 Å². The first-order valence-corrected chi connectivity index (χ1v) is 3.18. The van der Waals surface area contributed by atoms with Gasteiger partial charge in [-0.15, -0.1) is 0 Å². The van der Waals surface area contributed by atoms with Crippen molar-refractivity contribution in [3.8, 4) is 0 Å². The second-order valence-corrected chi connectivity index (χ2v) is 2.53. The van der Waals surface area contributed by atoms with Crippen molar-refractivity contribution >= 4 is 5.97 Å². The summed E-state index contributed by atoms with van der Waals surface area (Å²) in [5, 5.41) is 19.1. The molecule has 60 valence electrons. The van der Waals surface area contributed by atoms with Crippen LogP contribution in [0.1, 0.15) is 13.8 Å². The number of carbonyl (C=O) groups is 1. The number of carboxylic acids is 1.